The van der Waals surface area contributed by atoms with Crippen LogP contribution in [-0.2, 0) is 11.3 Å². The fourth-order valence-corrected chi connectivity index (χ4v) is 4.36. The quantitative estimate of drug-likeness (QED) is 0.323. The van der Waals surface area contributed by atoms with Gasteiger partial charge in [-0.1, -0.05) is 44.2 Å². The first kappa shape index (κ1) is 25.4. The normalized spacial score (nSPS) is 20.6. The van der Waals surface area contributed by atoms with Crippen LogP contribution in [0.25, 0.3) is 0 Å². The van der Waals surface area contributed by atoms with Crippen LogP contribution in [0.4, 0.5) is 0 Å². The van der Waals surface area contributed by atoms with Gasteiger partial charge in [0.15, 0.2) is 5.96 Å². The summed E-state index contributed by atoms with van der Waals surface area (Å²) in [5.74, 6) is 1.53. The average Bonchev–Trinajstić information content (AvgIpc) is 2.75. The molecule has 0 aromatic heterocycles. The molecule has 2 fully saturated rings. The first-order chi connectivity index (χ1) is 14.2. The standard InChI is InChI=1S/C23H39N5O.HI/c1-19(2)22(28-13-15-29-16-14-28)17-25-23(24-3)26-21-9-11-27(12-10-21)18-20-7-5-4-6-8-20;/h4-8,19,21-22H,9-18H2,1-3H3,(H2,24,25,26);1H. The van der Waals surface area contributed by atoms with E-state index in [0.29, 0.717) is 18.0 Å². The van der Waals surface area contributed by atoms with Crippen molar-refractivity contribution in [3.05, 3.63) is 35.9 Å². The highest BCUT2D eigenvalue weighted by molar-refractivity contribution is 14.0. The Bertz CT molecular complexity index is 613. The van der Waals surface area contributed by atoms with Crippen LogP contribution < -0.4 is 10.6 Å². The molecular formula is C23H40IN5O. The maximum atomic E-state index is 5.52. The molecule has 0 saturated carbocycles. The molecule has 2 aliphatic heterocycles. The zero-order valence-corrected chi connectivity index (χ0v) is 21.2. The summed E-state index contributed by atoms with van der Waals surface area (Å²) in [6.45, 7) is 12.6. The minimum atomic E-state index is 0. The van der Waals surface area contributed by atoms with Gasteiger partial charge in [0.1, 0.15) is 0 Å². The third kappa shape index (κ3) is 7.98. The highest BCUT2D eigenvalue weighted by Crippen LogP contribution is 2.14. The van der Waals surface area contributed by atoms with Crippen LogP contribution in [0.15, 0.2) is 35.3 Å². The number of piperidine rings is 1. The maximum Gasteiger partial charge on any atom is 0.191 e. The van der Waals surface area contributed by atoms with Crippen molar-refractivity contribution >= 4 is 29.9 Å². The molecule has 3 rings (SSSR count). The van der Waals surface area contributed by atoms with Crippen molar-refractivity contribution in [2.75, 3.05) is 53.0 Å². The summed E-state index contributed by atoms with van der Waals surface area (Å²) >= 11 is 0. The highest BCUT2D eigenvalue weighted by Gasteiger charge is 2.25. The van der Waals surface area contributed by atoms with Crippen molar-refractivity contribution in [2.24, 2.45) is 10.9 Å². The molecule has 0 aliphatic carbocycles. The molecule has 30 heavy (non-hydrogen) atoms. The second kappa shape index (κ2) is 13.5. The Morgan fingerprint density at radius 1 is 1.10 bits per heavy atom. The van der Waals surface area contributed by atoms with Crippen LogP contribution in [0.2, 0.25) is 0 Å². The van der Waals surface area contributed by atoms with Crippen LogP contribution in [0.3, 0.4) is 0 Å². The van der Waals surface area contributed by atoms with E-state index in [0.717, 1.165) is 71.3 Å². The molecule has 2 aliphatic rings. The topological polar surface area (TPSA) is 52.1 Å². The number of halogens is 1. The van der Waals surface area contributed by atoms with Crippen molar-refractivity contribution in [3.8, 4) is 0 Å². The van der Waals surface area contributed by atoms with Crippen LogP contribution in [0, 0.1) is 5.92 Å². The van der Waals surface area contributed by atoms with Gasteiger partial charge in [-0.25, -0.2) is 0 Å². The van der Waals surface area contributed by atoms with E-state index in [1.807, 2.05) is 7.05 Å². The number of likely N-dealkylation sites (tertiary alicyclic amines) is 1. The van der Waals surface area contributed by atoms with Crippen molar-refractivity contribution in [3.63, 3.8) is 0 Å². The highest BCUT2D eigenvalue weighted by atomic mass is 127. The number of ether oxygens (including phenoxy) is 1. The zero-order chi connectivity index (χ0) is 20.5. The number of hydrogen-bond donors (Lipinski definition) is 2. The molecule has 7 heteroatoms. The number of nitrogens with one attached hydrogen (secondary N) is 2. The summed E-state index contributed by atoms with van der Waals surface area (Å²) in [5.41, 5.74) is 1.40. The van der Waals surface area contributed by atoms with Crippen LogP contribution in [0.1, 0.15) is 32.3 Å². The van der Waals surface area contributed by atoms with E-state index in [9.17, 15) is 0 Å². The van der Waals surface area contributed by atoms with Gasteiger partial charge in [-0.05, 0) is 24.3 Å². The predicted molar refractivity (Wildman–Crippen MR) is 136 cm³/mol. The molecular weight excluding hydrogens is 489 g/mol. The maximum absolute atomic E-state index is 5.52. The van der Waals surface area contributed by atoms with Crippen molar-refractivity contribution in [1.82, 2.24) is 20.4 Å². The average molecular weight is 530 g/mol. The van der Waals surface area contributed by atoms with Gasteiger partial charge < -0.3 is 15.4 Å². The van der Waals surface area contributed by atoms with Crippen LogP contribution in [-0.4, -0.2) is 80.8 Å². The van der Waals surface area contributed by atoms with E-state index < -0.39 is 0 Å². The lowest BCUT2D eigenvalue weighted by atomic mass is 10.0. The predicted octanol–water partition coefficient (Wildman–Crippen LogP) is 2.79. The van der Waals surface area contributed by atoms with Crippen LogP contribution >= 0.6 is 24.0 Å². The first-order valence-electron chi connectivity index (χ1n) is 11.2. The Balaban J connectivity index is 0.00000320. The lowest BCUT2D eigenvalue weighted by Crippen LogP contribution is -2.54. The zero-order valence-electron chi connectivity index (χ0n) is 18.8. The lowest BCUT2D eigenvalue weighted by Gasteiger charge is -2.37. The lowest BCUT2D eigenvalue weighted by molar-refractivity contribution is 0.00750. The third-order valence-corrected chi connectivity index (χ3v) is 6.16. The monoisotopic (exact) mass is 529 g/mol. The first-order valence-corrected chi connectivity index (χ1v) is 11.2. The Morgan fingerprint density at radius 3 is 2.37 bits per heavy atom. The molecule has 1 aromatic carbocycles. The Kier molecular flexibility index (Phi) is 11.4. The minimum Gasteiger partial charge on any atom is -0.379 e. The number of rotatable bonds is 7. The van der Waals surface area contributed by atoms with Gasteiger partial charge >= 0.3 is 0 Å². The van der Waals surface area contributed by atoms with Gasteiger partial charge in [0.05, 0.1) is 13.2 Å². The summed E-state index contributed by atoms with van der Waals surface area (Å²) in [6.07, 6.45) is 2.31. The SMILES string of the molecule is CN=C(NCC(C(C)C)N1CCOCC1)NC1CCN(Cc2ccccc2)CC1.I. The van der Waals surface area contributed by atoms with Crippen molar-refractivity contribution < 1.29 is 4.74 Å². The number of morpholine rings is 1. The summed E-state index contributed by atoms with van der Waals surface area (Å²) in [4.78, 5) is 9.59. The molecule has 170 valence electrons. The molecule has 2 saturated heterocycles. The fraction of sp³-hybridized carbons (Fsp3) is 0.696. The van der Waals surface area contributed by atoms with E-state index in [-0.39, 0.29) is 24.0 Å². The smallest absolute Gasteiger partial charge is 0.191 e. The van der Waals surface area contributed by atoms with Gasteiger partial charge in [0.2, 0.25) is 0 Å². The number of guanidine groups is 1. The second-order valence-corrected chi connectivity index (χ2v) is 8.59. The molecule has 6 nitrogen and oxygen atoms in total. The number of aliphatic imine (C=N–C) groups is 1. The molecule has 2 N–H and O–H groups in total. The Hall–Kier alpha value is -0.900. The number of benzene rings is 1. The van der Waals surface area contributed by atoms with E-state index in [1.54, 1.807) is 0 Å². The van der Waals surface area contributed by atoms with E-state index in [2.05, 4.69) is 69.6 Å². The van der Waals surface area contributed by atoms with Gasteiger partial charge in [0.25, 0.3) is 0 Å². The second-order valence-electron chi connectivity index (χ2n) is 8.59. The number of hydrogen-bond acceptors (Lipinski definition) is 4. The summed E-state index contributed by atoms with van der Waals surface area (Å²) < 4.78 is 5.52. The minimum absolute atomic E-state index is 0. The van der Waals surface area contributed by atoms with Gasteiger partial charge in [-0.15, -0.1) is 24.0 Å². The van der Waals surface area contributed by atoms with Gasteiger partial charge in [-0.3, -0.25) is 14.8 Å². The Morgan fingerprint density at radius 2 is 1.77 bits per heavy atom. The van der Waals surface area contributed by atoms with Crippen molar-refractivity contribution in [2.45, 2.75) is 45.3 Å². The fourth-order valence-electron chi connectivity index (χ4n) is 4.36. The molecule has 0 radical (unpaired) electrons. The Labute approximate surface area is 199 Å². The van der Waals surface area contributed by atoms with E-state index in [1.165, 1.54) is 5.56 Å². The molecule has 0 amide bonds. The molecule has 2 heterocycles. The summed E-state index contributed by atoms with van der Waals surface area (Å²) in [6, 6.07) is 11.8. The van der Waals surface area contributed by atoms with Crippen molar-refractivity contribution in [1.29, 1.82) is 0 Å². The molecule has 0 spiro atoms. The van der Waals surface area contributed by atoms with E-state index in [4.69, 9.17) is 4.74 Å². The third-order valence-electron chi connectivity index (χ3n) is 6.16. The molecule has 1 atom stereocenters. The summed E-state index contributed by atoms with van der Waals surface area (Å²) in [5, 5.41) is 7.25. The largest absolute Gasteiger partial charge is 0.379 e. The van der Waals surface area contributed by atoms with E-state index >= 15 is 0 Å². The molecule has 1 aromatic rings. The van der Waals surface area contributed by atoms with Gasteiger partial charge in [-0.2, -0.15) is 0 Å². The summed E-state index contributed by atoms with van der Waals surface area (Å²) in [7, 11) is 1.87. The molecule has 1 unspecified atom stereocenters. The van der Waals surface area contributed by atoms with Crippen LogP contribution in [0.5, 0.6) is 0 Å². The van der Waals surface area contributed by atoms with Gasteiger partial charge in [0, 0.05) is 58.4 Å². The molecule has 0 bridgehead atoms. The number of nitrogens with zero attached hydrogens (tertiary/aromatic N) is 3.